The summed E-state index contributed by atoms with van der Waals surface area (Å²) in [5, 5.41) is 13.3. The zero-order chi connectivity index (χ0) is 11.7. The van der Waals surface area contributed by atoms with Crippen LogP contribution in [0, 0.1) is 12.8 Å². The van der Waals surface area contributed by atoms with E-state index in [1.54, 1.807) is 9.58 Å². The van der Waals surface area contributed by atoms with Gasteiger partial charge in [-0.3, -0.25) is 9.48 Å². The molecule has 0 spiro atoms. The predicted molar refractivity (Wildman–Crippen MR) is 58.6 cm³/mol. The minimum Gasteiger partial charge on any atom is -0.396 e. The molecule has 5 nitrogen and oxygen atoms in total. The van der Waals surface area contributed by atoms with Gasteiger partial charge in [-0.15, -0.1) is 0 Å². The van der Waals surface area contributed by atoms with E-state index in [1.807, 2.05) is 20.0 Å². The van der Waals surface area contributed by atoms with Gasteiger partial charge in [-0.05, 0) is 13.0 Å². The first-order valence-electron chi connectivity index (χ1n) is 5.48. The monoisotopic (exact) mass is 223 g/mol. The van der Waals surface area contributed by atoms with E-state index in [1.165, 1.54) is 0 Å². The highest BCUT2D eigenvalue weighted by atomic mass is 16.3. The van der Waals surface area contributed by atoms with E-state index >= 15 is 0 Å². The molecule has 1 saturated heterocycles. The molecule has 5 heteroatoms. The fourth-order valence-corrected chi connectivity index (χ4v) is 2.14. The summed E-state index contributed by atoms with van der Waals surface area (Å²) in [7, 11) is 1.88. The molecule has 1 aliphatic heterocycles. The molecule has 0 radical (unpaired) electrons. The van der Waals surface area contributed by atoms with Gasteiger partial charge in [0.1, 0.15) is 0 Å². The van der Waals surface area contributed by atoms with E-state index in [0.717, 1.165) is 11.4 Å². The number of aliphatic hydroxyl groups is 1. The number of aryl methyl sites for hydroxylation is 2. The van der Waals surface area contributed by atoms with Gasteiger partial charge < -0.3 is 10.0 Å². The Morgan fingerprint density at radius 2 is 2.38 bits per heavy atom. The van der Waals surface area contributed by atoms with Crippen molar-refractivity contribution < 1.29 is 9.90 Å². The third-order valence-electron chi connectivity index (χ3n) is 3.00. The number of hydrogen-bond acceptors (Lipinski definition) is 3. The van der Waals surface area contributed by atoms with E-state index in [4.69, 9.17) is 5.11 Å². The molecule has 0 saturated carbocycles. The highest BCUT2D eigenvalue weighted by Crippen LogP contribution is 2.19. The maximum absolute atomic E-state index is 11.7. The van der Waals surface area contributed by atoms with Gasteiger partial charge in [-0.25, -0.2) is 0 Å². The molecule has 1 atom stereocenters. The molecular formula is C11H17N3O2. The topological polar surface area (TPSA) is 58.4 Å². The Bertz CT molecular complexity index is 400. The lowest BCUT2D eigenvalue weighted by molar-refractivity contribution is -0.128. The largest absolute Gasteiger partial charge is 0.396 e. The number of rotatable bonds is 3. The summed E-state index contributed by atoms with van der Waals surface area (Å²) in [6, 6.07) is 1.99. The summed E-state index contributed by atoms with van der Waals surface area (Å²) in [6.45, 7) is 3.27. The van der Waals surface area contributed by atoms with Crippen molar-refractivity contribution in [2.45, 2.75) is 19.9 Å². The number of aliphatic hydroxyl groups excluding tert-OH is 1. The van der Waals surface area contributed by atoms with Crippen molar-refractivity contribution in [3.8, 4) is 0 Å². The number of nitrogens with zero attached hydrogens (tertiary/aromatic N) is 3. The van der Waals surface area contributed by atoms with Gasteiger partial charge in [-0.1, -0.05) is 0 Å². The number of carbonyl (C=O) groups is 1. The molecule has 0 bridgehead atoms. The van der Waals surface area contributed by atoms with Gasteiger partial charge in [0.25, 0.3) is 0 Å². The molecule has 1 fully saturated rings. The first-order valence-corrected chi connectivity index (χ1v) is 5.48. The van der Waals surface area contributed by atoms with Gasteiger partial charge in [0, 0.05) is 32.5 Å². The average molecular weight is 223 g/mol. The average Bonchev–Trinajstić information content (AvgIpc) is 2.72. The third kappa shape index (κ3) is 2.09. The van der Waals surface area contributed by atoms with Gasteiger partial charge in [0.15, 0.2) is 0 Å². The van der Waals surface area contributed by atoms with Crippen molar-refractivity contribution in [3.63, 3.8) is 0 Å². The molecule has 88 valence electrons. The summed E-state index contributed by atoms with van der Waals surface area (Å²) in [5.74, 6) is 0.222. The summed E-state index contributed by atoms with van der Waals surface area (Å²) < 4.78 is 1.80. The van der Waals surface area contributed by atoms with Crippen LogP contribution in [0.4, 0.5) is 0 Å². The summed E-state index contributed by atoms with van der Waals surface area (Å²) >= 11 is 0. The van der Waals surface area contributed by atoms with Gasteiger partial charge in [0.2, 0.25) is 5.91 Å². The maximum Gasteiger partial charge on any atom is 0.223 e. The zero-order valence-electron chi connectivity index (χ0n) is 9.68. The number of carbonyl (C=O) groups excluding carboxylic acids is 1. The van der Waals surface area contributed by atoms with Crippen LogP contribution in [-0.4, -0.2) is 38.8 Å². The second kappa shape index (κ2) is 4.25. The summed E-state index contributed by atoms with van der Waals surface area (Å²) in [6.07, 6.45) is 0.466. The minimum atomic E-state index is 0.0899. The molecule has 2 rings (SSSR count). The Balaban J connectivity index is 2.05. The van der Waals surface area contributed by atoms with Crippen LogP contribution in [0.1, 0.15) is 17.8 Å². The van der Waals surface area contributed by atoms with E-state index in [9.17, 15) is 4.79 Å². The van der Waals surface area contributed by atoms with Crippen LogP contribution < -0.4 is 0 Å². The fourth-order valence-electron chi connectivity index (χ4n) is 2.14. The second-order valence-corrected chi connectivity index (χ2v) is 4.43. The number of likely N-dealkylation sites (tertiary alicyclic amines) is 1. The molecule has 16 heavy (non-hydrogen) atoms. The van der Waals surface area contributed by atoms with E-state index < -0.39 is 0 Å². The Hall–Kier alpha value is -1.36. The van der Waals surface area contributed by atoms with Crippen molar-refractivity contribution in [1.82, 2.24) is 14.7 Å². The minimum absolute atomic E-state index is 0.0899. The lowest BCUT2D eigenvalue weighted by Gasteiger charge is -2.16. The normalized spacial score (nSPS) is 20.8. The molecule has 1 unspecified atom stereocenters. The van der Waals surface area contributed by atoms with Crippen molar-refractivity contribution in [3.05, 3.63) is 17.5 Å². The predicted octanol–water partition coefficient (Wildman–Crippen LogP) is 0.0693. The molecule has 1 aromatic heterocycles. The maximum atomic E-state index is 11.7. The highest BCUT2D eigenvalue weighted by molar-refractivity contribution is 5.78. The van der Waals surface area contributed by atoms with Crippen molar-refractivity contribution in [2.75, 3.05) is 13.2 Å². The number of aromatic nitrogens is 2. The molecule has 1 amide bonds. The SMILES string of the molecule is Cc1cc(CN2CC(CO)CC2=O)n(C)n1. The highest BCUT2D eigenvalue weighted by Gasteiger charge is 2.29. The third-order valence-corrected chi connectivity index (χ3v) is 3.00. The second-order valence-electron chi connectivity index (χ2n) is 4.43. The first-order chi connectivity index (χ1) is 7.60. The Kier molecular flexibility index (Phi) is 2.96. The van der Waals surface area contributed by atoms with E-state index in [-0.39, 0.29) is 18.4 Å². The van der Waals surface area contributed by atoms with Crippen molar-refractivity contribution in [1.29, 1.82) is 0 Å². The molecule has 1 aromatic rings. The van der Waals surface area contributed by atoms with Crippen molar-refractivity contribution in [2.24, 2.45) is 13.0 Å². The quantitative estimate of drug-likeness (QED) is 0.789. The van der Waals surface area contributed by atoms with E-state index in [2.05, 4.69) is 5.10 Å². The molecule has 1 N–H and O–H groups in total. The van der Waals surface area contributed by atoms with Gasteiger partial charge in [-0.2, -0.15) is 5.10 Å². The number of amides is 1. The van der Waals surface area contributed by atoms with Crippen LogP contribution in [0.15, 0.2) is 6.07 Å². The van der Waals surface area contributed by atoms with Gasteiger partial charge >= 0.3 is 0 Å². The van der Waals surface area contributed by atoms with Crippen LogP contribution in [-0.2, 0) is 18.4 Å². The molecule has 0 aliphatic carbocycles. The summed E-state index contributed by atoms with van der Waals surface area (Å²) in [4.78, 5) is 13.4. The molecule has 1 aliphatic rings. The first kappa shape index (κ1) is 11.1. The van der Waals surface area contributed by atoms with Gasteiger partial charge in [0.05, 0.1) is 17.9 Å². The Morgan fingerprint density at radius 1 is 1.62 bits per heavy atom. The van der Waals surface area contributed by atoms with Crippen LogP contribution in [0.2, 0.25) is 0 Å². The molecular weight excluding hydrogens is 206 g/mol. The van der Waals surface area contributed by atoms with Crippen LogP contribution >= 0.6 is 0 Å². The smallest absolute Gasteiger partial charge is 0.223 e. The lowest BCUT2D eigenvalue weighted by Crippen LogP contribution is -2.26. The van der Waals surface area contributed by atoms with Crippen LogP contribution in [0.25, 0.3) is 0 Å². The van der Waals surface area contributed by atoms with Crippen LogP contribution in [0.3, 0.4) is 0 Å². The fraction of sp³-hybridized carbons (Fsp3) is 0.636. The van der Waals surface area contributed by atoms with Crippen molar-refractivity contribution >= 4 is 5.91 Å². The van der Waals surface area contributed by atoms with Crippen LogP contribution in [0.5, 0.6) is 0 Å². The molecule has 2 heterocycles. The standard InChI is InChI=1S/C11H17N3O2/c1-8-3-10(13(2)12-8)6-14-5-9(7-15)4-11(14)16/h3,9,15H,4-7H2,1-2H3. The lowest BCUT2D eigenvalue weighted by atomic mass is 10.1. The summed E-state index contributed by atoms with van der Waals surface area (Å²) in [5.41, 5.74) is 1.99. The van der Waals surface area contributed by atoms with E-state index in [0.29, 0.717) is 19.5 Å². The Labute approximate surface area is 94.7 Å². The zero-order valence-corrected chi connectivity index (χ0v) is 9.68. The molecule has 0 aromatic carbocycles. The Morgan fingerprint density at radius 3 is 2.88 bits per heavy atom. The number of hydrogen-bond donors (Lipinski definition) is 1.